The summed E-state index contributed by atoms with van der Waals surface area (Å²) in [5.74, 6) is 0. The molecule has 1 fully saturated rings. The van der Waals surface area contributed by atoms with Gasteiger partial charge in [0.1, 0.15) is 6.23 Å². The molecule has 1 heterocycles. The number of halogens is 2. The van der Waals surface area contributed by atoms with E-state index in [-0.39, 0.29) is 6.23 Å². The van der Waals surface area contributed by atoms with E-state index < -0.39 is 0 Å². The highest BCUT2D eigenvalue weighted by Gasteiger charge is 2.19. The normalized spacial score (nSPS) is 21.8. The first-order valence-corrected chi connectivity index (χ1v) is 5.77. The van der Waals surface area contributed by atoms with Crippen LogP contribution in [0.2, 0.25) is 10.0 Å². The van der Waals surface area contributed by atoms with Gasteiger partial charge in [-0.05, 0) is 31.5 Å². The van der Waals surface area contributed by atoms with E-state index in [2.05, 4.69) is 4.90 Å². The number of anilines is 1. The minimum absolute atomic E-state index is 0.107. The van der Waals surface area contributed by atoms with Gasteiger partial charge in [-0.3, -0.25) is 0 Å². The van der Waals surface area contributed by atoms with Gasteiger partial charge >= 0.3 is 0 Å². The lowest BCUT2D eigenvalue weighted by Crippen LogP contribution is -2.40. The van der Waals surface area contributed by atoms with E-state index in [4.69, 9.17) is 27.9 Å². The molecule has 1 aliphatic heterocycles. The van der Waals surface area contributed by atoms with E-state index in [1.54, 1.807) is 0 Å². The minimum atomic E-state index is 0.107. The third-order valence-corrected chi connectivity index (χ3v) is 3.32. The molecule has 2 rings (SSSR count). The molecule has 0 radical (unpaired) electrons. The molecular weight excluding hydrogens is 233 g/mol. The molecule has 1 aromatic carbocycles. The van der Waals surface area contributed by atoms with Crippen LogP contribution in [-0.2, 0) is 4.74 Å². The van der Waals surface area contributed by atoms with Crippen molar-refractivity contribution in [2.45, 2.75) is 19.6 Å². The standard InChI is InChI=1S/C11H13Cl2NO/c1-8-14(5-2-6-15-8)9-3-4-10(12)11(13)7-9/h3-4,7-8H,2,5-6H2,1H3. The molecule has 15 heavy (non-hydrogen) atoms. The number of hydrogen-bond acceptors (Lipinski definition) is 2. The summed E-state index contributed by atoms with van der Waals surface area (Å²) < 4.78 is 5.56. The lowest BCUT2D eigenvalue weighted by molar-refractivity contribution is 0.0383. The summed E-state index contributed by atoms with van der Waals surface area (Å²) in [4.78, 5) is 2.19. The number of benzene rings is 1. The summed E-state index contributed by atoms with van der Waals surface area (Å²) in [6.45, 7) is 3.87. The highest BCUT2D eigenvalue weighted by molar-refractivity contribution is 6.42. The van der Waals surface area contributed by atoms with Crippen LogP contribution in [0.15, 0.2) is 18.2 Å². The molecule has 0 N–H and O–H groups in total. The molecule has 1 aliphatic rings. The van der Waals surface area contributed by atoms with Crippen LogP contribution in [0.4, 0.5) is 5.69 Å². The van der Waals surface area contributed by atoms with Crippen LogP contribution >= 0.6 is 23.2 Å². The molecule has 1 aromatic rings. The molecule has 0 aromatic heterocycles. The van der Waals surface area contributed by atoms with Gasteiger partial charge in [0.2, 0.25) is 0 Å². The summed E-state index contributed by atoms with van der Waals surface area (Å²) >= 11 is 11.9. The van der Waals surface area contributed by atoms with E-state index >= 15 is 0 Å². The van der Waals surface area contributed by atoms with Crippen LogP contribution in [0.1, 0.15) is 13.3 Å². The van der Waals surface area contributed by atoms with Crippen molar-refractivity contribution in [2.75, 3.05) is 18.1 Å². The van der Waals surface area contributed by atoms with Gasteiger partial charge < -0.3 is 9.64 Å². The van der Waals surface area contributed by atoms with Crippen LogP contribution < -0.4 is 4.90 Å². The highest BCUT2D eigenvalue weighted by atomic mass is 35.5. The molecule has 0 bridgehead atoms. The maximum Gasteiger partial charge on any atom is 0.127 e. The van der Waals surface area contributed by atoms with Crippen molar-refractivity contribution in [3.63, 3.8) is 0 Å². The summed E-state index contributed by atoms with van der Waals surface area (Å²) in [7, 11) is 0. The van der Waals surface area contributed by atoms with E-state index in [0.29, 0.717) is 10.0 Å². The van der Waals surface area contributed by atoms with Crippen molar-refractivity contribution < 1.29 is 4.74 Å². The van der Waals surface area contributed by atoms with Crippen molar-refractivity contribution in [1.82, 2.24) is 0 Å². The monoisotopic (exact) mass is 245 g/mol. The van der Waals surface area contributed by atoms with Crippen molar-refractivity contribution in [3.8, 4) is 0 Å². The highest BCUT2D eigenvalue weighted by Crippen LogP contribution is 2.29. The first kappa shape index (κ1) is 11.1. The second kappa shape index (κ2) is 4.60. The predicted molar refractivity (Wildman–Crippen MR) is 63.8 cm³/mol. The first-order valence-electron chi connectivity index (χ1n) is 5.02. The van der Waals surface area contributed by atoms with Gasteiger partial charge in [-0.15, -0.1) is 0 Å². The number of nitrogens with zero attached hydrogens (tertiary/aromatic N) is 1. The van der Waals surface area contributed by atoms with E-state index in [1.165, 1.54) is 0 Å². The van der Waals surface area contributed by atoms with E-state index in [1.807, 2.05) is 25.1 Å². The quantitative estimate of drug-likeness (QED) is 0.751. The van der Waals surface area contributed by atoms with Crippen molar-refractivity contribution in [3.05, 3.63) is 28.2 Å². The molecule has 1 atom stereocenters. The Morgan fingerprint density at radius 3 is 2.80 bits per heavy atom. The smallest absolute Gasteiger partial charge is 0.127 e. The number of rotatable bonds is 1. The first-order chi connectivity index (χ1) is 7.18. The van der Waals surface area contributed by atoms with E-state index in [0.717, 1.165) is 25.3 Å². The third kappa shape index (κ3) is 2.39. The zero-order chi connectivity index (χ0) is 10.8. The van der Waals surface area contributed by atoms with Crippen LogP contribution in [0, 0.1) is 0 Å². The topological polar surface area (TPSA) is 12.5 Å². The molecular formula is C11H13Cl2NO. The zero-order valence-corrected chi connectivity index (χ0v) is 10.1. The second-order valence-electron chi connectivity index (χ2n) is 3.62. The van der Waals surface area contributed by atoms with Crippen molar-refractivity contribution >= 4 is 28.9 Å². The molecule has 4 heteroatoms. The molecule has 1 unspecified atom stereocenters. The largest absolute Gasteiger partial charge is 0.359 e. The summed E-state index contributed by atoms with van der Waals surface area (Å²) in [5.41, 5.74) is 1.07. The van der Waals surface area contributed by atoms with E-state index in [9.17, 15) is 0 Å². The summed E-state index contributed by atoms with van der Waals surface area (Å²) in [6.07, 6.45) is 1.15. The Bertz CT molecular complexity index is 356. The van der Waals surface area contributed by atoms with Crippen molar-refractivity contribution in [2.24, 2.45) is 0 Å². The lowest BCUT2D eigenvalue weighted by Gasteiger charge is -2.35. The van der Waals surface area contributed by atoms with Gasteiger partial charge in [0.15, 0.2) is 0 Å². The average Bonchev–Trinajstić information content (AvgIpc) is 2.23. The van der Waals surface area contributed by atoms with Gasteiger partial charge in [0.25, 0.3) is 0 Å². The molecule has 1 saturated heterocycles. The number of hydrogen-bond donors (Lipinski definition) is 0. The maximum absolute atomic E-state index is 5.98. The summed E-state index contributed by atoms with van der Waals surface area (Å²) in [5, 5.41) is 1.18. The fourth-order valence-electron chi connectivity index (χ4n) is 1.76. The molecule has 0 saturated carbocycles. The Hall–Kier alpha value is -0.440. The third-order valence-electron chi connectivity index (χ3n) is 2.58. The fourth-order valence-corrected chi connectivity index (χ4v) is 2.06. The predicted octanol–water partition coefficient (Wildman–Crippen LogP) is 3.57. The summed E-state index contributed by atoms with van der Waals surface area (Å²) in [6, 6.07) is 5.68. The van der Waals surface area contributed by atoms with Gasteiger partial charge in [0, 0.05) is 12.2 Å². The number of ether oxygens (including phenoxy) is 1. The molecule has 82 valence electrons. The maximum atomic E-state index is 5.98. The van der Waals surface area contributed by atoms with Gasteiger partial charge in [-0.2, -0.15) is 0 Å². The Kier molecular flexibility index (Phi) is 3.39. The van der Waals surface area contributed by atoms with Gasteiger partial charge in [-0.1, -0.05) is 23.2 Å². The Morgan fingerprint density at radius 2 is 2.13 bits per heavy atom. The Morgan fingerprint density at radius 1 is 1.33 bits per heavy atom. The van der Waals surface area contributed by atoms with Gasteiger partial charge in [-0.25, -0.2) is 0 Å². The molecule has 0 amide bonds. The molecule has 0 aliphatic carbocycles. The lowest BCUT2D eigenvalue weighted by atomic mass is 10.2. The fraction of sp³-hybridized carbons (Fsp3) is 0.455. The van der Waals surface area contributed by atoms with Gasteiger partial charge in [0.05, 0.1) is 16.7 Å². The van der Waals surface area contributed by atoms with Crippen LogP contribution in [0.5, 0.6) is 0 Å². The van der Waals surface area contributed by atoms with Crippen LogP contribution in [0.3, 0.4) is 0 Å². The zero-order valence-electron chi connectivity index (χ0n) is 8.54. The molecule has 0 spiro atoms. The molecule has 2 nitrogen and oxygen atoms in total. The Labute approximate surface area is 99.7 Å². The van der Waals surface area contributed by atoms with Crippen LogP contribution in [0.25, 0.3) is 0 Å². The average molecular weight is 246 g/mol. The van der Waals surface area contributed by atoms with Crippen molar-refractivity contribution in [1.29, 1.82) is 0 Å². The van der Waals surface area contributed by atoms with Crippen LogP contribution in [-0.4, -0.2) is 19.4 Å². The minimum Gasteiger partial charge on any atom is -0.359 e. The second-order valence-corrected chi connectivity index (χ2v) is 4.43. The Balaban J connectivity index is 2.24. The SMILES string of the molecule is CC1OCCCN1c1ccc(Cl)c(Cl)c1.